The largest absolute Gasteiger partial charge is 0.334 e. The van der Waals surface area contributed by atoms with E-state index >= 15 is 0 Å². The van der Waals surface area contributed by atoms with Gasteiger partial charge in [0.1, 0.15) is 17.7 Å². The number of nitrogens with zero attached hydrogens (tertiary/aromatic N) is 3. The van der Waals surface area contributed by atoms with Crippen LogP contribution in [0.15, 0.2) is 24.3 Å². The number of aromatic nitrogens is 2. The second kappa shape index (κ2) is 5.01. The maximum absolute atomic E-state index is 13.1. The van der Waals surface area contributed by atoms with Gasteiger partial charge in [-0.3, -0.25) is 0 Å². The quantitative estimate of drug-likeness (QED) is 0.831. The fourth-order valence-corrected chi connectivity index (χ4v) is 1.99. The van der Waals surface area contributed by atoms with Gasteiger partial charge in [-0.2, -0.15) is 5.26 Å². The van der Waals surface area contributed by atoms with Crippen molar-refractivity contribution >= 4 is 0 Å². The lowest BCUT2D eigenvalue weighted by atomic mass is 10.1. The van der Waals surface area contributed by atoms with Crippen molar-refractivity contribution in [1.29, 1.82) is 5.26 Å². The van der Waals surface area contributed by atoms with E-state index in [1.165, 1.54) is 12.1 Å². The highest BCUT2D eigenvalue weighted by Crippen LogP contribution is 2.13. The summed E-state index contributed by atoms with van der Waals surface area (Å²) in [5.74, 6) is 0.593. The van der Waals surface area contributed by atoms with Gasteiger partial charge in [-0.25, -0.2) is 9.37 Å². The maximum Gasteiger partial charge on any atom is 0.161 e. The molecule has 2 aromatic rings. The van der Waals surface area contributed by atoms with E-state index in [2.05, 4.69) is 11.1 Å². The Hall–Kier alpha value is -2.15. The molecule has 4 heteroatoms. The van der Waals surface area contributed by atoms with Crippen LogP contribution in [0.3, 0.4) is 0 Å². The standard InChI is InChI=1S/C14H14FN3/c1-10-17-13(9-16)14(18(10)2)7-6-11-4-3-5-12(15)8-11/h3-5,8H,6-7H2,1-2H3. The summed E-state index contributed by atoms with van der Waals surface area (Å²) in [6.45, 7) is 1.87. The number of rotatable bonds is 3. The molecular weight excluding hydrogens is 229 g/mol. The molecule has 0 aliphatic rings. The molecule has 0 amide bonds. The normalized spacial score (nSPS) is 10.3. The third kappa shape index (κ3) is 2.40. The molecule has 0 saturated carbocycles. The Morgan fingerprint density at radius 3 is 2.83 bits per heavy atom. The average Bonchev–Trinajstić information content (AvgIpc) is 2.63. The first kappa shape index (κ1) is 12.3. The van der Waals surface area contributed by atoms with Gasteiger partial charge in [-0.05, 0) is 37.5 Å². The SMILES string of the molecule is Cc1nc(C#N)c(CCc2cccc(F)c2)n1C. The summed E-state index contributed by atoms with van der Waals surface area (Å²) >= 11 is 0. The van der Waals surface area contributed by atoms with E-state index in [4.69, 9.17) is 5.26 Å². The molecule has 0 aliphatic carbocycles. The zero-order valence-corrected chi connectivity index (χ0v) is 10.4. The van der Waals surface area contributed by atoms with Crippen molar-refractivity contribution in [1.82, 2.24) is 9.55 Å². The van der Waals surface area contributed by atoms with E-state index in [0.29, 0.717) is 18.5 Å². The fraction of sp³-hybridized carbons (Fsp3) is 0.286. The summed E-state index contributed by atoms with van der Waals surface area (Å²) in [5, 5.41) is 9.01. The number of halogens is 1. The predicted molar refractivity (Wildman–Crippen MR) is 66.5 cm³/mol. The molecule has 0 spiro atoms. The van der Waals surface area contributed by atoms with Crippen molar-refractivity contribution in [3.05, 3.63) is 52.9 Å². The average molecular weight is 243 g/mol. The summed E-state index contributed by atoms with van der Waals surface area (Å²) in [5.41, 5.74) is 2.29. The number of hydrogen-bond acceptors (Lipinski definition) is 2. The van der Waals surface area contributed by atoms with Gasteiger partial charge in [0.15, 0.2) is 5.69 Å². The van der Waals surface area contributed by atoms with Crippen LogP contribution in [0.5, 0.6) is 0 Å². The van der Waals surface area contributed by atoms with Crippen molar-refractivity contribution in [2.24, 2.45) is 7.05 Å². The van der Waals surface area contributed by atoms with Crippen LogP contribution in [0.2, 0.25) is 0 Å². The number of hydrogen-bond donors (Lipinski definition) is 0. The summed E-state index contributed by atoms with van der Waals surface area (Å²) in [6, 6.07) is 8.64. The van der Waals surface area contributed by atoms with E-state index in [9.17, 15) is 4.39 Å². The van der Waals surface area contributed by atoms with E-state index in [1.54, 1.807) is 6.07 Å². The highest BCUT2D eigenvalue weighted by atomic mass is 19.1. The third-order valence-electron chi connectivity index (χ3n) is 3.08. The molecule has 0 saturated heterocycles. The van der Waals surface area contributed by atoms with Crippen LogP contribution in [0.4, 0.5) is 4.39 Å². The van der Waals surface area contributed by atoms with Crippen LogP contribution in [0.1, 0.15) is 22.8 Å². The summed E-state index contributed by atoms with van der Waals surface area (Å²) in [4.78, 5) is 4.19. The number of imidazole rings is 1. The van der Waals surface area contributed by atoms with Crippen LogP contribution < -0.4 is 0 Å². The molecule has 1 aromatic carbocycles. The first-order chi connectivity index (χ1) is 8.61. The zero-order chi connectivity index (χ0) is 13.1. The maximum atomic E-state index is 13.1. The van der Waals surface area contributed by atoms with Gasteiger partial charge in [-0.15, -0.1) is 0 Å². The molecule has 0 atom stereocenters. The summed E-state index contributed by atoms with van der Waals surface area (Å²) in [7, 11) is 1.89. The van der Waals surface area contributed by atoms with E-state index in [1.807, 2.05) is 24.6 Å². The molecule has 0 N–H and O–H groups in total. The molecule has 1 heterocycles. The molecular formula is C14H14FN3. The zero-order valence-electron chi connectivity index (χ0n) is 10.4. The summed E-state index contributed by atoms with van der Waals surface area (Å²) < 4.78 is 15.0. The smallest absolute Gasteiger partial charge is 0.161 e. The first-order valence-corrected chi connectivity index (χ1v) is 5.78. The fourth-order valence-electron chi connectivity index (χ4n) is 1.99. The molecule has 0 fully saturated rings. The first-order valence-electron chi connectivity index (χ1n) is 5.78. The number of benzene rings is 1. The lowest BCUT2D eigenvalue weighted by Gasteiger charge is -2.04. The Kier molecular flexibility index (Phi) is 3.42. The Labute approximate surface area is 106 Å². The second-order valence-corrected chi connectivity index (χ2v) is 4.26. The second-order valence-electron chi connectivity index (χ2n) is 4.26. The highest BCUT2D eigenvalue weighted by molar-refractivity contribution is 5.30. The highest BCUT2D eigenvalue weighted by Gasteiger charge is 2.11. The molecule has 2 rings (SSSR count). The van der Waals surface area contributed by atoms with Crippen LogP contribution in [0, 0.1) is 24.1 Å². The van der Waals surface area contributed by atoms with E-state index in [0.717, 1.165) is 17.1 Å². The van der Waals surface area contributed by atoms with Gasteiger partial charge in [0, 0.05) is 7.05 Å². The van der Waals surface area contributed by atoms with Gasteiger partial charge in [0.25, 0.3) is 0 Å². The Bertz CT molecular complexity index is 608. The Morgan fingerprint density at radius 1 is 1.39 bits per heavy atom. The number of aryl methyl sites for hydroxylation is 2. The van der Waals surface area contributed by atoms with Gasteiger partial charge in [0.05, 0.1) is 5.69 Å². The Morgan fingerprint density at radius 2 is 2.17 bits per heavy atom. The molecule has 0 aliphatic heterocycles. The van der Waals surface area contributed by atoms with Gasteiger partial charge in [-0.1, -0.05) is 12.1 Å². The lowest BCUT2D eigenvalue weighted by molar-refractivity contribution is 0.625. The van der Waals surface area contributed by atoms with Crippen LogP contribution in [-0.2, 0) is 19.9 Å². The molecule has 0 unspecified atom stereocenters. The monoisotopic (exact) mass is 243 g/mol. The van der Waals surface area contributed by atoms with Gasteiger partial charge >= 0.3 is 0 Å². The topological polar surface area (TPSA) is 41.6 Å². The minimum atomic E-state index is -0.228. The molecule has 1 aromatic heterocycles. The van der Waals surface area contributed by atoms with Crippen LogP contribution >= 0.6 is 0 Å². The molecule has 0 bridgehead atoms. The predicted octanol–water partition coefficient (Wildman–Crippen LogP) is 2.52. The van der Waals surface area contributed by atoms with E-state index in [-0.39, 0.29) is 5.82 Å². The van der Waals surface area contributed by atoms with Crippen molar-refractivity contribution in [2.45, 2.75) is 19.8 Å². The van der Waals surface area contributed by atoms with Gasteiger partial charge in [0.2, 0.25) is 0 Å². The number of nitriles is 1. The van der Waals surface area contributed by atoms with Crippen molar-refractivity contribution in [3.8, 4) is 6.07 Å². The molecule has 0 radical (unpaired) electrons. The summed E-state index contributed by atoms with van der Waals surface area (Å²) in [6.07, 6.45) is 1.38. The minimum Gasteiger partial charge on any atom is -0.334 e. The lowest BCUT2D eigenvalue weighted by Crippen LogP contribution is -2.02. The molecule has 3 nitrogen and oxygen atoms in total. The van der Waals surface area contributed by atoms with E-state index < -0.39 is 0 Å². The molecule has 92 valence electrons. The minimum absolute atomic E-state index is 0.228. The Balaban J connectivity index is 2.18. The van der Waals surface area contributed by atoms with Crippen LogP contribution in [-0.4, -0.2) is 9.55 Å². The van der Waals surface area contributed by atoms with Crippen molar-refractivity contribution in [2.75, 3.05) is 0 Å². The van der Waals surface area contributed by atoms with Gasteiger partial charge < -0.3 is 4.57 Å². The van der Waals surface area contributed by atoms with Crippen LogP contribution in [0.25, 0.3) is 0 Å². The van der Waals surface area contributed by atoms with Crippen molar-refractivity contribution < 1.29 is 4.39 Å². The third-order valence-corrected chi connectivity index (χ3v) is 3.08. The van der Waals surface area contributed by atoms with Crippen molar-refractivity contribution in [3.63, 3.8) is 0 Å². The molecule has 18 heavy (non-hydrogen) atoms.